The fraction of sp³-hybridized carbons (Fsp3) is 0.276. The van der Waals surface area contributed by atoms with Gasteiger partial charge in [0.1, 0.15) is 0 Å². The molecule has 0 atom stereocenters. The molecule has 0 aliphatic rings. The number of carbonyl (C=O) groups excluding carboxylic acids is 1. The first-order valence-electron chi connectivity index (χ1n) is 13.4. The quantitative estimate of drug-likeness (QED) is 0.0785. The summed E-state index contributed by atoms with van der Waals surface area (Å²) in [6.45, 7) is 8.65. The van der Waals surface area contributed by atoms with E-state index in [1.165, 1.54) is 0 Å². The minimum atomic E-state index is -0.494. The van der Waals surface area contributed by atoms with Gasteiger partial charge in [0.15, 0.2) is 0 Å². The molecule has 0 bridgehead atoms. The van der Waals surface area contributed by atoms with Gasteiger partial charge in [0.2, 0.25) is 5.82 Å². The van der Waals surface area contributed by atoms with E-state index in [4.69, 9.17) is 19.9 Å². The van der Waals surface area contributed by atoms with Crippen LogP contribution in [-0.4, -0.2) is 71.8 Å². The van der Waals surface area contributed by atoms with Gasteiger partial charge in [-0.25, -0.2) is 4.79 Å². The molecule has 2 aromatic carbocycles. The van der Waals surface area contributed by atoms with Crippen LogP contribution < -0.4 is 4.74 Å². The zero-order chi connectivity index (χ0) is 29.9. The number of fused-ring (bicyclic) bond motifs is 1. The molecule has 13 nitrogen and oxygen atoms in total. The Labute approximate surface area is 242 Å². The number of hydrogen-bond donors (Lipinski definition) is 3. The molecule has 3 N–H and O–H groups in total. The number of benzene rings is 2. The maximum atomic E-state index is 13.1. The Morgan fingerprint density at radius 2 is 1.90 bits per heavy atom. The Balaban J connectivity index is 1.58. The summed E-state index contributed by atoms with van der Waals surface area (Å²) in [5.74, 6) is -0.0119. The van der Waals surface area contributed by atoms with E-state index in [9.17, 15) is 4.79 Å². The molecule has 0 aliphatic heterocycles. The van der Waals surface area contributed by atoms with E-state index in [-0.39, 0.29) is 18.6 Å². The van der Waals surface area contributed by atoms with Crippen molar-refractivity contribution in [3.8, 4) is 6.01 Å². The molecule has 2 aromatic heterocycles. The number of rotatable bonds is 15. The van der Waals surface area contributed by atoms with E-state index in [1.54, 1.807) is 18.2 Å². The number of nitrogens with zero attached hydrogens (tertiary/aromatic N) is 6. The van der Waals surface area contributed by atoms with Crippen molar-refractivity contribution in [2.75, 3.05) is 19.8 Å². The number of ether oxygens (including phenoxy) is 2. The summed E-state index contributed by atoms with van der Waals surface area (Å²) in [6, 6.07) is 13.7. The van der Waals surface area contributed by atoms with Crippen molar-refractivity contribution in [1.82, 2.24) is 35.6 Å². The van der Waals surface area contributed by atoms with Gasteiger partial charge in [-0.1, -0.05) is 55.1 Å². The molecule has 0 aliphatic carbocycles. The predicted octanol–water partition coefficient (Wildman–Crippen LogP) is 4.62. The first-order chi connectivity index (χ1) is 20.5. The van der Waals surface area contributed by atoms with E-state index in [0.29, 0.717) is 54.4 Å². The SMILES string of the molecule is C=C/C=C(\C(=C/C)c1nn[nH]n1)c1ccc(Cn2c(OCC)nc3cccc(C(=O)OCCCCON(O)O)c32)cc1. The van der Waals surface area contributed by atoms with Crippen LogP contribution in [0.5, 0.6) is 6.01 Å². The molecule has 0 unspecified atom stereocenters. The van der Waals surface area contributed by atoms with Crippen LogP contribution in [-0.2, 0) is 16.1 Å². The van der Waals surface area contributed by atoms with Gasteiger partial charge in [-0.15, -0.1) is 10.2 Å². The lowest BCUT2D eigenvalue weighted by Crippen LogP contribution is -2.15. The monoisotopic (exact) mass is 575 g/mol. The molecular formula is C29H33N7O6. The molecule has 0 fully saturated rings. The Kier molecular flexibility index (Phi) is 10.7. The number of imidazole rings is 1. The largest absolute Gasteiger partial charge is 0.465 e. The number of para-hydroxylation sites is 1. The van der Waals surface area contributed by atoms with E-state index in [2.05, 4.69) is 37.0 Å². The highest BCUT2D eigenvalue weighted by Crippen LogP contribution is 2.31. The van der Waals surface area contributed by atoms with Crippen molar-refractivity contribution in [3.63, 3.8) is 0 Å². The van der Waals surface area contributed by atoms with E-state index in [1.807, 2.05) is 60.9 Å². The van der Waals surface area contributed by atoms with Gasteiger partial charge >= 0.3 is 5.97 Å². The van der Waals surface area contributed by atoms with Crippen molar-refractivity contribution < 1.29 is 29.5 Å². The van der Waals surface area contributed by atoms with Crippen LogP contribution in [0, 0.1) is 0 Å². The first kappa shape index (κ1) is 30.3. The molecule has 0 spiro atoms. The minimum Gasteiger partial charge on any atom is -0.465 e. The number of unbranched alkanes of at least 4 members (excludes halogenated alkanes) is 1. The topological polar surface area (TPSA) is 161 Å². The number of esters is 1. The smallest absolute Gasteiger partial charge is 0.340 e. The number of aromatic amines is 1. The standard InChI is InChI=1S/C29H33N7O6/c1-4-10-23(22(5-2)27-31-33-34-32-27)21-15-13-20(14-16-21)19-35-26-24(11-9-12-25(26)30-29(35)40-6-3)28(37)41-17-7-8-18-42-36(38)39/h4-5,9-16,38-39H,1,6-8,17-19H2,2-3H3,(H,31,32,33,34)/b22-5+,23-10-. The highest BCUT2D eigenvalue weighted by atomic mass is 17.1. The Morgan fingerprint density at radius 3 is 2.57 bits per heavy atom. The molecule has 0 saturated heterocycles. The maximum absolute atomic E-state index is 13.1. The highest BCUT2D eigenvalue weighted by molar-refractivity contribution is 6.04. The lowest BCUT2D eigenvalue weighted by Gasteiger charge is -2.13. The molecule has 2 heterocycles. The van der Waals surface area contributed by atoms with E-state index >= 15 is 0 Å². The van der Waals surface area contributed by atoms with E-state index in [0.717, 1.165) is 22.3 Å². The first-order valence-corrected chi connectivity index (χ1v) is 13.4. The number of nitrogens with one attached hydrogen (secondary N) is 1. The van der Waals surface area contributed by atoms with Crippen LogP contribution in [0.25, 0.3) is 22.2 Å². The number of H-pyrrole nitrogens is 1. The summed E-state index contributed by atoms with van der Waals surface area (Å²) in [5, 5.41) is 31.3. The number of hydrogen-bond acceptors (Lipinski definition) is 11. The Hall–Kier alpha value is -4.69. The van der Waals surface area contributed by atoms with Crippen LogP contribution in [0.15, 0.2) is 67.3 Å². The number of aromatic nitrogens is 6. The van der Waals surface area contributed by atoms with Crippen LogP contribution in [0.3, 0.4) is 0 Å². The Bertz CT molecular complexity index is 1540. The van der Waals surface area contributed by atoms with Crippen molar-refractivity contribution in [1.29, 1.82) is 0 Å². The minimum absolute atomic E-state index is 0.0709. The molecule has 42 heavy (non-hydrogen) atoms. The third kappa shape index (κ3) is 7.33. The zero-order valence-corrected chi connectivity index (χ0v) is 23.4. The van der Waals surface area contributed by atoms with Crippen molar-refractivity contribution in [2.24, 2.45) is 0 Å². The average molecular weight is 576 g/mol. The lowest BCUT2D eigenvalue weighted by atomic mass is 9.95. The summed E-state index contributed by atoms with van der Waals surface area (Å²) >= 11 is 0. The van der Waals surface area contributed by atoms with Crippen molar-refractivity contribution >= 4 is 28.1 Å². The second-order valence-electron chi connectivity index (χ2n) is 8.97. The van der Waals surface area contributed by atoms with Gasteiger partial charge in [0, 0.05) is 5.57 Å². The van der Waals surface area contributed by atoms with Gasteiger partial charge in [0.25, 0.3) is 6.01 Å². The van der Waals surface area contributed by atoms with Gasteiger partial charge in [-0.2, -0.15) is 10.2 Å². The third-order valence-corrected chi connectivity index (χ3v) is 6.26. The summed E-state index contributed by atoms with van der Waals surface area (Å²) in [7, 11) is 0. The summed E-state index contributed by atoms with van der Waals surface area (Å²) in [6.07, 6.45) is 6.48. The van der Waals surface area contributed by atoms with Crippen molar-refractivity contribution in [2.45, 2.75) is 33.2 Å². The second-order valence-corrected chi connectivity index (χ2v) is 8.97. The normalized spacial score (nSPS) is 12.2. The van der Waals surface area contributed by atoms with Gasteiger partial charge in [0.05, 0.1) is 48.4 Å². The predicted molar refractivity (Wildman–Crippen MR) is 153 cm³/mol. The van der Waals surface area contributed by atoms with Gasteiger partial charge < -0.3 is 9.47 Å². The summed E-state index contributed by atoms with van der Waals surface area (Å²) < 4.78 is 13.2. The number of tetrazole rings is 1. The molecule has 0 saturated carbocycles. The third-order valence-electron chi connectivity index (χ3n) is 6.26. The zero-order valence-electron chi connectivity index (χ0n) is 23.4. The summed E-state index contributed by atoms with van der Waals surface area (Å²) in [5.41, 5.74) is 5.19. The average Bonchev–Trinajstić information content (AvgIpc) is 3.64. The number of allylic oxidation sites excluding steroid dienone is 5. The van der Waals surface area contributed by atoms with Crippen molar-refractivity contribution in [3.05, 3.63) is 89.8 Å². The second kappa shape index (κ2) is 14.8. The lowest BCUT2D eigenvalue weighted by molar-refractivity contribution is -0.492. The van der Waals surface area contributed by atoms with Gasteiger partial charge in [-0.3, -0.25) is 19.8 Å². The van der Waals surface area contributed by atoms with Crippen LogP contribution >= 0.6 is 0 Å². The maximum Gasteiger partial charge on any atom is 0.340 e. The fourth-order valence-corrected chi connectivity index (χ4v) is 4.42. The van der Waals surface area contributed by atoms with Gasteiger partial charge in [-0.05, 0) is 60.7 Å². The van der Waals surface area contributed by atoms with Crippen LogP contribution in [0.4, 0.5) is 0 Å². The van der Waals surface area contributed by atoms with Crippen LogP contribution in [0.2, 0.25) is 0 Å². The highest BCUT2D eigenvalue weighted by Gasteiger charge is 2.21. The molecule has 13 heteroatoms. The summed E-state index contributed by atoms with van der Waals surface area (Å²) in [4.78, 5) is 22.2. The molecule has 220 valence electrons. The fourth-order valence-electron chi connectivity index (χ4n) is 4.42. The number of carbonyl (C=O) groups is 1. The molecular weight excluding hydrogens is 542 g/mol. The Morgan fingerprint density at radius 1 is 1.12 bits per heavy atom. The van der Waals surface area contributed by atoms with Crippen LogP contribution in [0.1, 0.15) is 54.0 Å². The molecule has 4 aromatic rings. The molecule has 4 rings (SSSR count). The molecule has 0 radical (unpaired) electrons. The van der Waals surface area contributed by atoms with E-state index < -0.39 is 5.97 Å². The molecule has 0 amide bonds.